The molecule has 0 heterocycles. The fourth-order valence-corrected chi connectivity index (χ4v) is 5.73. The van der Waals surface area contributed by atoms with Crippen molar-refractivity contribution in [3.8, 4) is 16.9 Å². The fraction of sp³-hybridized carbons (Fsp3) is 0.219. The van der Waals surface area contributed by atoms with Crippen LogP contribution >= 0.6 is 0 Å². The summed E-state index contributed by atoms with van der Waals surface area (Å²) in [5, 5.41) is 3.19. The topological polar surface area (TPSA) is 47.6 Å². The van der Waals surface area contributed by atoms with E-state index in [2.05, 4.69) is 72.0 Å². The SMILES string of the molecule is CCOc1ccc2c(c1)CCc1ccccc1C2NC(=O)OCC1c2ccccc2-c2ccccc21. The van der Waals surface area contributed by atoms with Gasteiger partial charge in [-0.1, -0.05) is 78.9 Å². The number of hydrogen-bond acceptors (Lipinski definition) is 3. The van der Waals surface area contributed by atoms with Crippen LogP contribution in [0.2, 0.25) is 0 Å². The van der Waals surface area contributed by atoms with Crippen LogP contribution in [0.4, 0.5) is 4.79 Å². The molecule has 4 heteroatoms. The summed E-state index contributed by atoms with van der Waals surface area (Å²) in [6.45, 7) is 2.91. The molecule has 0 saturated heterocycles. The standard InChI is InChI=1S/C32H29NO3/c1-2-35-23-17-18-25-22(19-23)16-15-21-9-3-4-10-24(21)31(25)33-32(34)36-20-30-28-13-7-5-11-26(28)27-12-6-8-14-29(27)30/h3-14,17-19,30-31H,2,15-16,20H2,1H3,(H,33,34). The first-order valence-corrected chi connectivity index (χ1v) is 12.7. The number of amides is 1. The first kappa shape index (κ1) is 22.4. The van der Waals surface area contributed by atoms with Gasteiger partial charge in [0, 0.05) is 5.92 Å². The van der Waals surface area contributed by atoms with Crippen molar-refractivity contribution < 1.29 is 14.3 Å². The zero-order chi connectivity index (χ0) is 24.5. The highest BCUT2D eigenvalue weighted by Crippen LogP contribution is 2.44. The Labute approximate surface area is 211 Å². The number of carbonyl (C=O) groups excluding carboxylic acids is 1. The Morgan fingerprint density at radius 3 is 2.11 bits per heavy atom. The number of carbonyl (C=O) groups is 1. The number of aryl methyl sites for hydroxylation is 2. The third-order valence-electron chi connectivity index (χ3n) is 7.37. The van der Waals surface area contributed by atoms with E-state index < -0.39 is 6.09 Å². The molecule has 0 aliphatic heterocycles. The molecule has 0 aromatic heterocycles. The first-order valence-electron chi connectivity index (χ1n) is 12.7. The molecule has 1 amide bonds. The van der Waals surface area contributed by atoms with Crippen LogP contribution in [0.5, 0.6) is 5.75 Å². The minimum atomic E-state index is -0.404. The molecule has 0 saturated carbocycles. The van der Waals surface area contributed by atoms with E-state index in [0.29, 0.717) is 13.2 Å². The zero-order valence-electron chi connectivity index (χ0n) is 20.4. The van der Waals surface area contributed by atoms with Crippen molar-refractivity contribution in [1.82, 2.24) is 5.32 Å². The van der Waals surface area contributed by atoms with Gasteiger partial charge in [0.1, 0.15) is 12.4 Å². The maximum atomic E-state index is 13.2. The number of benzene rings is 4. The van der Waals surface area contributed by atoms with Crippen molar-refractivity contribution in [3.05, 3.63) is 124 Å². The molecule has 4 nitrogen and oxygen atoms in total. The van der Waals surface area contributed by atoms with Crippen molar-refractivity contribution >= 4 is 6.09 Å². The third-order valence-corrected chi connectivity index (χ3v) is 7.37. The Morgan fingerprint density at radius 1 is 0.778 bits per heavy atom. The van der Waals surface area contributed by atoms with Gasteiger partial charge in [0.15, 0.2) is 0 Å². The third kappa shape index (κ3) is 4.03. The van der Waals surface area contributed by atoms with Gasteiger partial charge in [-0.2, -0.15) is 0 Å². The van der Waals surface area contributed by atoms with Gasteiger partial charge in [0.05, 0.1) is 12.6 Å². The van der Waals surface area contributed by atoms with E-state index in [1.54, 1.807) is 0 Å². The quantitative estimate of drug-likeness (QED) is 0.345. The second kappa shape index (κ2) is 9.54. The van der Waals surface area contributed by atoms with Gasteiger partial charge >= 0.3 is 6.09 Å². The Morgan fingerprint density at radius 2 is 1.39 bits per heavy atom. The van der Waals surface area contributed by atoms with E-state index in [9.17, 15) is 4.79 Å². The molecular weight excluding hydrogens is 446 g/mol. The molecule has 4 aromatic carbocycles. The van der Waals surface area contributed by atoms with E-state index >= 15 is 0 Å². The lowest BCUT2D eigenvalue weighted by molar-refractivity contribution is 0.140. The molecule has 2 aliphatic rings. The number of nitrogens with one attached hydrogen (secondary N) is 1. The molecule has 0 fully saturated rings. The molecule has 0 radical (unpaired) electrons. The number of alkyl carbamates (subject to hydrolysis) is 1. The molecule has 180 valence electrons. The number of hydrogen-bond donors (Lipinski definition) is 1. The highest BCUT2D eigenvalue weighted by atomic mass is 16.5. The Hall–Kier alpha value is -4.05. The molecule has 6 rings (SSSR count). The predicted octanol–water partition coefficient (Wildman–Crippen LogP) is 6.81. The van der Waals surface area contributed by atoms with Gasteiger partial charge in [-0.15, -0.1) is 0 Å². The Kier molecular flexibility index (Phi) is 5.94. The van der Waals surface area contributed by atoms with Crippen LogP contribution in [0.1, 0.15) is 52.3 Å². The molecule has 1 unspecified atom stereocenters. The van der Waals surface area contributed by atoms with Gasteiger partial charge < -0.3 is 14.8 Å². The van der Waals surface area contributed by atoms with E-state index in [1.165, 1.54) is 33.4 Å². The maximum Gasteiger partial charge on any atom is 0.407 e. The summed E-state index contributed by atoms with van der Waals surface area (Å²) in [7, 11) is 0. The van der Waals surface area contributed by atoms with Crippen LogP contribution in [-0.2, 0) is 17.6 Å². The molecule has 1 atom stereocenters. The average molecular weight is 476 g/mol. The molecule has 1 N–H and O–H groups in total. The van der Waals surface area contributed by atoms with Crippen molar-refractivity contribution in [2.24, 2.45) is 0 Å². The zero-order valence-corrected chi connectivity index (χ0v) is 20.4. The molecule has 0 spiro atoms. The van der Waals surface area contributed by atoms with Crippen molar-refractivity contribution in [3.63, 3.8) is 0 Å². The molecule has 0 bridgehead atoms. The van der Waals surface area contributed by atoms with Crippen molar-refractivity contribution in [2.45, 2.75) is 31.7 Å². The lowest BCUT2D eigenvalue weighted by Gasteiger charge is -2.23. The van der Waals surface area contributed by atoms with Gasteiger partial charge in [-0.3, -0.25) is 0 Å². The summed E-state index contributed by atoms with van der Waals surface area (Å²) < 4.78 is 11.6. The minimum absolute atomic E-state index is 0.0330. The highest BCUT2D eigenvalue weighted by Gasteiger charge is 2.30. The summed E-state index contributed by atoms with van der Waals surface area (Å²) in [5.41, 5.74) is 9.51. The first-order chi connectivity index (χ1) is 17.7. The largest absolute Gasteiger partial charge is 0.494 e. The van der Waals surface area contributed by atoms with Crippen LogP contribution in [0.25, 0.3) is 11.1 Å². The van der Waals surface area contributed by atoms with E-state index in [-0.39, 0.29) is 12.0 Å². The smallest absolute Gasteiger partial charge is 0.407 e. The normalized spacial score (nSPS) is 15.6. The van der Waals surface area contributed by atoms with Gasteiger partial charge in [-0.05, 0) is 76.4 Å². The van der Waals surface area contributed by atoms with Gasteiger partial charge in [0.25, 0.3) is 0 Å². The van der Waals surface area contributed by atoms with Gasteiger partial charge in [0.2, 0.25) is 0 Å². The minimum Gasteiger partial charge on any atom is -0.494 e. The lowest BCUT2D eigenvalue weighted by atomic mass is 9.94. The number of ether oxygens (including phenoxy) is 2. The summed E-state index contributed by atoms with van der Waals surface area (Å²) in [6, 6.07) is 31.0. The van der Waals surface area contributed by atoms with Crippen LogP contribution < -0.4 is 10.1 Å². The lowest BCUT2D eigenvalue weighted by Crippen LogP contribution is -2.31. The maximum absolute atomic E-state index is 13.2. The molecule has 36 heavy (non-hydrogen) atoms. The summed E-state index contributed by atoms with van der Waals surface area (Å²) in [5.74, 6) is 0.896. The number of rotatable bonds is 5. The second-order valence-electron chi connectivity index (χ2n) is 9.40. The fourth-order valence-electron chi connectivity index (χ4n) is 5.73. The van der Waals surface area contributed by atoms with Crippen LogP contribution in [0.3, 0.4) is 0 Å². The van der Waals surface area contributed by atoms with E-state index in [1.807, 2.05) is 31.2 Å². The molecule has 4 aromatic rings. The Balaban J connectivity index is 1.26. The van der Waals surface area contributed by atoms with Crippen LogP contribution in [0, 0.1) is 0 Å². The average Bonchev–Trinajstić information content (AvgIpc) is 3.15. The van der Waals surface area contributed by atoms with E-state index in [4.69, 9.17) is 9.47 Å². The summed E-state index contributed by atoms with van der Waals surface area (Å²) in [4.78, 5) is 13.2. The van der Waals surface area contributed by atoms with Crippen molar-refractivity contribution in [1.29, 1.82) is 0 Å². The molecule has 2 aliphatic carbocycles. The summed E-state index contributed by atoms with van der Waals surface area (Å²) in [6.07, 6.45) is 1.41. The van der Waals surface area contributed by atoms with Crippen molar-refractivity contribution in [2.75, 3.05) is 13.2 Å². The van der Waals surface area contributed by atoms with Crippen LogP contribution in [0.15, 0.2) is 91.0 Å². The Bertz CT molecular complexity index is 1380. The van der Waals surface area contributed by atoms with E-state index in [0.717, 1.165) is 29.7 Å². The second-order valence-corrected chi connectivity index (χ2v) is 9.40. The monoisotopic (exact) mass is 475 g/mol. The molecular formula is C32H29NO3. The van der Waals surface area contributed by atoms with Crippen LogP contribution in [-0.4, -0.2) is 19.3 Å². The number of fused-ring (bicyclic) bond motifs is 5. The van der Waals surface area contributed by atoms with Gasteiger partial charge in [-0.25, -0.2) is 4.79 Å². The highest BCUT2D eigenvalue weighted by molar-refractivity contribution is 5.79. The predicted molar refractivity (Wildman–Crippen MR) is 142 cm³/mol. The summed E-state index contributed by atoms with van der Waals surface area (Å²) >= 11 is 0.